The molecule has 122 valence electrons. The number of likely N-dealkylation sites (N-methyl/N-ethyl adjacent to an activating group) is 1. The number of nitrogens with one attached hydrogen (secondary N) is 2. The SMILES string of the molecule is CN1CCCC1CNc1c[nH]c(C(=O)OCc2ccccc2)c1. The van der Waals surface area contributed by atoms with Gasteiger partial charge in [-0.05, 0) is 38.1 Å². The second-order valence-corrected chi connectivity index (χ2v) is 6.02. The highest BCUT2D eigenvalue weighted by Crippen LogP contribution is 2.17. The number of rotatable bonds is 6. The summed E-state index contributed by atoms with van der Waals surface area (Å²) < 4.78 is 5.32. The predicted octanol–water partition coefficient (Wildman–Crippen LogP) is 2.88. The summed E-state index contributed by atoms with van der Waals surface area (Å²) in [6.45, 7) is 2.34. The van der Waals surface area contributed by atoms with Crippen molar-refractivity contribution < 1.29 is 9.53 Å². The van der Waals surface area contributed by atoms with Crippen molar-refractivity contribution in [3.05, 3.63) is 53.9 Å². The first-order valence-electron chi connectivity index (χ1n) is 8.06. The van der Waals surface area contributed by atoms with E-state index in [0.29, 0.717) is 11.7 Å². The number of benzene rings is 1. The Balaban J connectivity index is 1.49. The Hall–Kier alpha value is -2.27. The second kappa shape index (κ2) is 7.33. The molecule has 1 atom stereocenters. The van der Waals surface area contributed by atoms with Crippen LogP contribution in [0.15, 0.2) is 42.6 Å². The minimum atomic E-state index is -0.333. The van der Waals surface area contributed by atoms with E-state index in [0.717, 1.165) is 24.3 Å². The molecule has 0 radical (unpaired) electrons. The van der Waals surface area contributed by atoms with Crippen molar-refractivity contribution in [1.82, 2.24) is 9.88 Å². The maximum atomic E-state index is 12.1. The Morgan fingerprint density at radius 1 is 1.39 bits per heavy atom. The summed E-state index contributed by atoms with van der Waals surface area (Å²) >= 11 is 0. The number of anilines is 1. The number of aromatic amines is 1. The molecule has 0 amide bonds. The molecule has 0 aliphatic carbocycles. The van der Waals surface area contributed by atoms with Crippen LogP contribution in [0.3, 0.4) is 0 Å². The van der Waals surface area contributed by atoms with Crippen LogP contribution in [-0.2, 0) is 11.3 Å². The van der Waals surface area contributed by atoms with E-state index in [4.69, 9.17) is 4.74 Å². The molecule has 3 rings (SSSR count). The van der Waals surface area contributed by atoms with Gasteiger partial charge in [0.1, 0.15) is 12.3 Å². The number of likely N-dealkylation sites (tertiary alicyclic amines) is 1. The van der Waals surface area contributed by atoms with Gasteiger partial charge in [0.15, 0.2) is 0 Å². The quantitative estimate of drug-likeness (QED) is 0.805. The van der Waals surface area contributed by atoms with Gasteiger partial charge in [-0.15, -0.1) is 0 Å². The fourth-order valence-corrected chi connectivity index (χ4v) is 2.89. The van der Waals surface area contributed by atoms with Gasteiger partial charge in [-0.2, -0.15) is 0 Å². The van der Waals surface area contributed by atoms with E-state index in [9.17, 15) is 4.79 Å². The summed E-state index contributed by atoms with van der Waals surface area (Å²) in [4.78, 5) is 17.4. The summed E-state index contributed by atoms with van der Waals surface area (Å²) in [5, 5.41) is 3.39. The topological polar surface area (TPSA) is 57.4 Å². The minimum absolute atomic E-state index is 0.286. The van der Waals surface area contributed by atoms with Gasteiger partial charge in [0.25, 0.3) is 0 Å². The summed E-state index contributed by atoms with van der Waals surface area (Å²) in [6.07, 6.45) is 4.29. The Morgan fingerprint density at radius 2 is 2.22 bits per heavy atom. The average Bonchev–Trinajstić information content (AvgIpc) is 3.20. The highest BCUT2D eigenvalue weighted by atomic mass is 16.5. The molecule has 0 spiro atoms. The molecule has 2 aromatic rings. The molecule has 2 heterocycles. The maximum Gasteiger partial charge on any atom is 0.355 e. The molecule has 2 N–H and O–H groups in total. The maximum absolute atomic E-state index is 12.1. The van der Waals surface area contributed by atoms with Crippen LogP contribution in [0.4, 0.5) is 5.69 Å². The van der Waals surface area contributed by atoms with E-state index in [1.165, 1.54) is 12.8 Å². The molecule has 23 heavy (non-hydrogen) atoms. The van der Waals surface area contributed by atoms with Crippen molar-refractivity contribution in [3.63, 3.8) is 0 Å². The lowest BCUT2D eigenvalue weighted by atomic mass is 10.2. The number of carbonyl (C=O) groups is 1. The van der Waals surface area contributed by atoms with Gasteiger partial charge in [0.2, 0.25) is 0 Å². The molecule has 0 bridgehead atoms. The predicted molar refractivity (Wildman–Crippen MR) is 90.5 cm³/mol. The van der Waals surface area contributed by atoms with E-state index in [1.54, 1.807) is 0 Å². The highest BCUT2D eigenvalue weighted by Gasteiger charge is 2.20. The van der Waals surface area contributed by atoms with Crippen LogP contribution in [0.25, 0.3) is 0 Å². The third-order valence-electron chi connectivity index (χ3n) is 4.33. The first-order valence-corrected chi connectivity index (χ1v) is 8.06. The van der Waals surface area contributed by atoms with Gasteiger partial charge in [-0.25, -0.2) is 4.79 Å². The first-order chi connectivity index (χ1) is 11.2. The Labute approximate surface area is 136 Å². The number of carbonyl (C=O) groups excluding carboxylic acids is 1. The number of hydrogen-bond donors (Lipinski definition) is 2. The lowest BCUT2D eigenvalue weighted by molar-refractivity contribution is 0.0466. The van der Waals surface area contributed by atoms with Gasteiger partial charge in [0, 0.05) is 18.8 Å². The van der Waals surface area contributed by atoms with Crippen LogP contribution < -0.4 is 5.32 Å². The highest BCUT2D eigenvalue weighted by molar-refractivity contribution is 5.88. The van der Waals surface area contributed by atoms with Crippen LogP contribution in [0.2, 0.25) is 0 Å². The number of hydrogen-bond acceptors (Lipinski definition) is 4. The molecule has 1 aliphatic rings. The zero-order valence-electron chi connectivity index (χ0n) is 13.4. The molecule has 1 aromatic carbocycles. The van der Waals surface area contributed by atoms with Gasteiger partial charge >= 0.3 is 5.97 Å². The van der Waals surface area contributed by atoms with Gasteiger partial charge in [-0.3, -0.25) is 0 Å². The molecule has 5 nitrogen and oxygen atoms in total. The van der Waals surface area contributed by atoms with Crippen molar-refractivity contribution in [2.45, 2.75) is 25.5 Å². The fraction of sp³-hybridized carbons (Fsp3) is 0.389. The zero-order chi connectivity index (χ0) is 16.1. The molecule has 0 saturated carbocycles. The van der Waals surface area contributed by atoms with Crippen LogP contribution in [0, 0.1) is 0 Å². The number of aromatic nitrogens is 1. The standard InChI is InChI=1S/C18H23N3O2/c1-21-9-5-8-16(21)12-19-15-10-17(20-11-15)18(22)23-13-14-6-3-2-4-7-14/h2-4,6-7,10-11,16,19-20H,5,8-9,12-13H2,1H3. The third-order valence-corrected chi connectivity index (χ3v) is 4.33. The summed E-state index contributed by atoms with van der Waals surface area (Å²) in [5.41, 5.74) is 2.38. The largest absolute Gasteiger partial charge is 0.456 e. The number of H-pyrrole nitrogens is 1. The van der Waals surface area contributed by atoms with Crippen molar-refractivity contribution in [2.75, 3.05) is 25.5 Å². The van der Waals surface area contributed by atoms with Gasteiger partial charge < -0.3 is 19.9 Å². The number of esters is 1. The van der Waals surface area contributed by atoms with Crippen LogP contribution in [0.5, 0.6) is 0 Å². The average molecular weight is 313 g/mol. The Morgan fingerprint density at radius 3 is 2.96 bits per heavy atom. The van der Waals surface area contributed by atoms with Crippen molar-refractivity contribution >= 4 is 11.7 Å². The lowest BCUT2D eigenvalue weighted by Gasteiger charge is -2.19. The normalized spacial score (nSPS) is 18.0. The van der Waals surface area contributed by atoms with Crippen molar-refractivity contribution in [2.24, 2.45) is 0 Å². The molecular formula is C18H23N3O2. The van der Waals surface area contributed by atoms with E-state index in [2.05, 4.69) is 22.2 Å². The molecule has 5 heteroatoms. The fourth-order valence-electron chi connectivity index (χ4n) is 2.89. The van der Waals surface area contributed by atoms with E-state index in [1.807, 2.05) is 42.6 Å². The first kappa shape index (κ1) is 15.6. The van der Waals surface area contributed by atoms with E-state index < -0.39 is 0 Å². The smallest absolute Gasteiger partial charge is 0.355 e. The van der Waals surface area contributed by atoms with Crippen molar-refractivity contribution in [1.29, 1.82) is 0 Å². The Kier molecular flexibility index (Phi) is 4.98. The molecular weight excluding hydrogens is 290 g/mol. The zero-order valence-corrected chi connectivity index (χ0v) is 13.4. The molecule has 1 fully saturated rings. The monoisotopic (exact) mass is 313 g/mol. The Bertz CT molecular complexity index is 639. The lowest BCUT2D eigenvalue weighted by Crippen LogP contribution is -2.31. The van der Waals surface area contributed by atoms with E-state index in [-0.39, 0.29) is 12.6 Å². The summed E-state index contributed by atoms with van der Waals surface area (Å²) in [7, 11) is 2.16. The summed E-state index contributed by atoms with van der Waals surface area (Å²) in [5.74, 6) is -0.333. The summed E-state index contributed by atoms with van der Waals surface area (Å²) in [6, 6.07) is 12.1. The molecule has 1 unspecified atom stereocenters. The third kappa shape index (κ3) is 4.13. The minimum Gasteiger partial charge on any atom is -0.456 e. The number of ether oxygens (including phenoxy) is 1. The van der Waals surface area contributed by atoms with Crippen molar-refractivity contribution in [3.8, 4) is 0 Å². The van der Waals surface area contributed by atoms with Crippen LogP contribution >= 0.6 is 0 Å². The van der Waals surface area contributed by atoms with Crippen LogP contribution in [0.1, 0.15) is 28.9 Å². The van der Waals surface area contributed by atoms with E-state index >= 15 is 0 Å². The molecule has 1 saturated heterocycles. The number of nitrogens with zero attached hydrogens (tertiary/aromatic N) is 1. The molecule has 1 aromatic heterocycles. The van der Waals surface area contributed by atoms with Gasteiger partial charge in [0.05, 0.1) is 5.69 Å². The second-order valence-electron chi connectivity index (χ2n) is 6.02. The molecule has 1 aliphatic heterocycles. The van der Waals surface area contributed by atoms with Gasteiger partial charge in [-0.1, -0.05) is 30.3 Å². The van der Waals surface area contributed by atoms with Crippen LogP contribution in [-0.4, -0.2) is 42.0 Å².